The van der Waals surface area contributed by atoms with Crippen molar-refractivity contribution in [3.8, 4) is 5.75 Å². The second kappa shape index (κ2) is 5.97. The lowest BCUT2D eigenvalue weighted by molar-refractivity contribution is 0.385. The highest BCUT2D eigenvalue weighted by atomic mass is 32.2. The van der Waals surface area contributed by atoms with Crippen molar-refractivity contribution in [3.63, 3.8) is 0 Å². The molecule has 0 saturated heterocycles. The second-order valence-corrected chi connectivity index (χ2v) is 6.58. The van der Waals surface area contributed by atoms with E-state index in [1.165, 1.54) is 13.2 Å². The average molecular weight is 304 g/mol. The Balaban J connectivity index is 3.24. The number of anilines is 1. The summed E-state index contributed by atoms with van der Waals surface area (Å²) in [6.07, 6.45) is 1.24. The molecule has 0 spiro atoms. The van der Waals surface area contributed by atoms with Gasteiger partial charge in [-0.1, -0.05) is 13.8 Å². The van der Waals surface area contributed by atoms with E-state index in [-0.39, 0.29) is 16.3 Å². The van der Waals surface area contributed by atoms with Crippen LogP contribution >= 0.6 is 0 Å². The SMILES string of the molecule is CCC(C)(CC)NS(=O)(=O)c1cc(N)c(OC)c(F)c1. The molecule has 7 heteroatoms. The molecule has 0 bridgehead atoms. The van der Waals surface area contributed by atoms with Crippen molar-refractivity contribution in [2.45, 2.75) is 44.0 Å². The third kappa shape index (κ3) is 3.40. The molecule has 5 nitrogen and oxygen atoms in total. The molecule has 0 radical (unpaired) electrons. The third-order valence-corrected chi connectivity index (χ3v) is 5.12. The fraction of sp³-hybridized carbons (Fsp3) is 0.538. The zero-order chi connectivity index (χ0) is 15.6. The molecular formula is C13H21FN2O3S. The minimum atomic E-state index is -3.84. The number of methoxy groups -OCH3 is 1. The first-order valence-corrected chi connectivity index (χ1v) is 7.84. The van der Waals surface area contributed by atoms with Gasteiger partial charge in [-0.05, 0) is 31.9 Å². The number of sulfonamides is 1. The number of nitrogen functional groups attached to an aromatic ring is 1. The van der Waals surface area contributed by atoms with Crippen molar-refractivity contribution in [2.24, 2.45) is 0 Å². The lowest BCUT2D eigenvalue weighted by Crippen LogP contribution is -2.44. The number of rotatable bonds is 6. The molecule has 0 atom stereocenters. The summed E-state index contributed by atoms with van der Waals surface area (Å²) >= 11 is 0. The molecule has 0 unspecified atom stereocenters. The van der Waals surface area contributed by atoms with E-state index in [2.05, 4.69) is 4.72 Å². The Bertz CT molecular complexity index is 560. The van der Waals surface area contributed by atoms with E-state index in [1.54, 1.807) is 6.92 Å². The van der Waals surface area contributed by atoms with E-state index < -0.39 is 21.4 Å². The molecule has 0 aliphatic heterocycles. The number of ether oxygens (including phenoxy) is 1. The van der Waals surface area contributed by atoms with Crippen LogP contribution in [0.2, 0.25) is 0 Å². The first-order valence-electron chi connectivity index (χ1n) is 6.36. The molecule has 20 heavy (non-hydrogen) atoms. The molecule has 0 saturated carbocycles. The van der Waals surface area contributed by atoms with Crippen LogP contribution in [0.25, 0.3) is 0 Å². The highest BCUT2D eigenvalue weighted by Gasteiger charge is 2.28. The molecule has 1 aromatic rings. The predicted octanol–water partition coefficient (Wildman–Crippen LogP) is 2.27. The molecule has 3 N–H and O–H groups in total. The van der Waals surface area contributed by atoms with Crippen LogP contribution in [0.3, 0.4) is 0 Å². The van der Waals surface area contributed by atoms with Crippen molar-refractivity contribution >= 4 is 15.7 Å². The van der Waals surface area contributed by atoms with Gasteiger partial charge in [-0.3, -0.25) is 0 Å². The van der Waals surface area contributed by atoms with E-state index in [9.17, 15) is 12.8 Å². The van der Waals surface area contributed by atoms with E-state index in [4.69, 9.17) is 10.5 Å². The molecule has 1 rings (SSSR count). The first kappa shape index (κ1) is 16.7. The third-order valence-electron chi connectivity index (χ3n) is 3.50. The van der Waals surface area contributed by atoms with Crippen LogP contribution in [-0.4, -0.2) is 21.1 Å². The fourth-order valence-corrected chi connectivity index (χ4v) is 3.33. The smallest absolute Gasteiger partial charge is 0.241 e. The van der Waals surface area contributed by atoms with Gasteiger partial charge < -0.3 is 10.5 Å². The standard InChI is InChI=1S/C13H21FN2O3S/c1-5-13(3,6-2)16-20(17,18)9-7-10(14)12(19-4)11(15)8-9/h7-8,16H,5-6,15H2,1-4H3. The fourth-order valence-electron chi connectivity index (χ4n) is 1.74. The highest BCUT2D eigenvalue weighted by molar-refractivity contribution is 7.89. The van der Waals surface area contributed by atoms with Crippen molar-refractivity contribution in [1.82, 2.24) is 4.72 Å². The van der Waals surface area contributed by atoms with Gasteiger partial charge >= 0.3 is 0 Å². The number of hydrogen-bond acceptors (Lipinski definition) is 4. The molecule has 1 aromatic carbocycles. The summed E-state index contributed by atoms with van der Waals surface area (Å²) in [6, 6.07) is 2.10. The van der Waals surface area contributed by atoms with Crippen molar-refractivity contribution in [3.05, 3.63) is 17.9 Å². The van der Waals surface area contributed by atoms with E-state index in [1.807, 2.05) is 13.8 Å². The number of halogens is 1. The Hall–Kier alpha value is -1.34. The van der Waals surface area contributed by atoms with Crippen molar-refractivity contribution < 1.29 is 17.5 Å². The van der Waals surface area contributed by atoms with Gasteiger partial charge in [0.1, 0.15) is 0 Å². The van der Waals surface area contributed by atoms with Gasteiger partial charge in [0.25, 0.3) is 0 Å². The van der Waals surface area contributed by atoms with Crippen molar-refractivity contribution in [1.29, 1.82) is 0 Å². The minimum Gasteiger partial charge on any atom is -0.492 e. The Morgan fingerprint density at radius 3 is 2.30 bits per heavy atom. The summed E-state index contributed by atoms with van der Waals surface area (Å²) < 4.78 is 45.7. The Morgan fingerprint density at radius 1 is 1.35 bits per heavy atom. The van der Waals surface area contributed by atoms with Crippen LogP contribution in [0.4, 0.5) is 10.1 Å². The molecule has 0 fully saturated rings. The Labute approximate surface area is 119 Å². The maximum absolute atomic E-state index is 13.7. The molecule has 0 amide bonds. The largest absolute Gasteiger partial charge is 0.492 e. The molecule has 0 aliphatic rings. The lowest BCUT2D eigenvalue weighted by Gasteiger charge is -2.27. The summed E-state index contributed by atoms with van der Waals surface area (Å²) in [6.45, 7) is 5.57. The Kier molecular flexibility index (Phi) is 4.99. The van der Waals surface area contributed by atoms with Crippen molar-refractivity contribution in [2.75, 3.05) is 12.8 Å². The maximum atomic E-state index is 13.7. The van der Waals surface area contributed by atoms with Gasteiger partial charge in [-0.25, -0.2) is 17.5 Å². The molecule has 114 valence electrons. The lowest BCUT2D eigenvalue weighted by atomic mass is 9.98. The van der Waals surface area contributed by atoms with Gasteiger partial charge in [0.15, 0.2) is 11.6 Å². The van der Waals surface area contributed by atoms with Crippen LogP contribution < -0.4 is 15.2 Å². The van der Waals surface area contributed by atoms with Crippen LogP contribution in [-0.2, 0) is 10.0 Å². The maximum Gasteiger partial charge on any atom is 0.241 e. The quantitative estimate of drug-likeness (QED) is 0.790. The van der Waals surface area contributed by atoms with Crippen LogP contribution in [0.15, 0.2) is 17.0 Å². The monoisotopic (exact) mass is 304 g/mol. The van der Waals surface area contributed by atoms with E-state index >= 15 is 0 Å². The summed E-state index contributed by atoms with van der Waals surface area (Å²) in [7, 11) is -2.57. The molecule has 0 aliphatic carbocycles. The van der Waals surface area contributed by atoms with E-state index in [0.717, 1.165) is 6.07 Å². The topological polar surface area (TPSA) is 81.4 Å². The van der Waals surface area contributed by atoms with Gasteiger partial charge in [-0.15, -0.1) is 0 Å². The minimum absolute atomic E-state index is 0.0532. The summed E-state index contributed by atoms with van der Waals surface area (Å²) in [5.41, 5.74) is 4.97. The number of benzene rings is 1. The zero-order valence-corrected chi connectivity index (χ0v) is 13.0. The van der Waals surface area contributed by atoms with Gasteiger partial charge in [0, 0.05) is 5.54 Å². The number of nitrogens with one attached hydrogen (secondary N) is 1. The Morgan fingerprint density at radius 2 is 1.90 bits per heavy atom. The summed E-state index contributed by atoms with van der Waals surface area (Å²) in [5.74, 6) is -0.958. The predicted molar refractivity (Wildman–Crippen MR) is 76.7 cm³/mol. The molecular weight excluding hydrogens is 283 g/mol. The van der Waals surface area contributed by atoms with Crippen LogP contribution in [0.1, 0.15) is 33.6 Å². The summed E-state index contributed by atoms with van der Waals surface area (Å²) in [4.78, 5) is -0.207. The zero-order valence-electron chi connectivity index (χ0n) is 12.2. The van der Waals surface area contributed by atoms with Crippen LogP contribution in [0.5, 0.6) is 5.75 Å². The molecule has 0 heterocycles. The normalized spacial score (nSPS) is 12.4. The summed E-state index contributed by atoms with van der Waals surface area (Å²) in [5, 5.41) is 0. The van der Waals surface area contributed by atoms with Gasteiger partial charge in [-0.2, -0.15) is 0 Å². The van der Waals surface area contributed by atoms with Gasteiger partial charge in [0.05, 0.1) is 17.7 Å². The molecule has 0 aromatic heterocycles. The first-order chi connectivity index (χ1) is 9.19. The number of nitrogens with two attached hydrogens (primary N) is 1. The van der Waals surface area contributed by atoms with Gasteiger partial charge in [0.2, 0.25) is 10.0 Å². The van der Waals surface area contributed by atoms with Crippen LogP contribution in [0, 0.1) is 5.82 Å². The second-order valence-electron chi connectivity index (χ2n) is 4.90. The van der Waals surface area contributed by atoms with E-state index in [0.29, 0.717) is 12.8 Å². The average Bonchev–Trinajstić information content (AvgIpc) is 2.37. The number of hydrogen-bond donors (Lipinski definition) is 2. The highest BCUT2D eigenvalue weighted by Crippen LogP contribution is 2.29.